The molecule has 0 radical (unpaired) electrons. The van der Waals surface area contributed by atoms with Gasteiger partial charge in [0.15, 0.2) is 0 Å². The molecule has 0 N–H and O–H groups in total. The molecule has 0 fully saturated rings. The Morgan fingerprint density at radius 3 is 1.41 bits per heavy atom. The summed E-state index contributed by atoms with van der Waals surface area (Å²) >= 11 is 0. The molecule has 2 atom stereocenters. The minimum Gasteiger partial charge on any atom is -0.417 e. The molecule has 6 aromatic rings. The van der Waals surface area contributed by atoms with E-state index in [1.165, 1.54) is 33.4 Å². The Hall–Kier alpha value is -5.62. The van der Waals surface area contributed by atoms with Gasteiger partial charge in [0.2, 0.25) is 23.6 Å². The molecule has 6 heteroatoms. The van der Waals surface area contributed by atoms with E-state index in [9.17, 15) is 0 Å². The predicted molar refractivity (Wildman–Crippen MR) is 212 cm³/mol. The van der Waals surface area contributed by atoms with Gasteiger partial charge in [0.05, 0.1) is 0 Å². The molecule has 54 heavy (non-hydrogen) atoms. The van der Waals surface area contributed by atoms with Crippen LogP contribution >= 0.6 is 0 Å². The largest absolute Gasteiger partial charge is 0.417 e. The van der Waals surface area contributed by atoms with Crippen molar-refractivity contribution in [3.05, 3.63) is 171 Å². The van der Waals surface area contributed by atoms with Gasteiger partial charge in [-0.2, -0.15) is 0 Å². The van der Waals surface area contributed by atoms with Gasteiger partial charge in [0.1, 0.15) is 0 Å². The van der Waals surface area contributed by atoms with Crippen molar-refractivity contribution in [3.63, 3.8) is 0 Å². The van der Waals surface area contributed by atoms with Gasteiger partial charge in [-0.1, -0.05) is 144 Å². The highest BCUT2D eigenvalue weighted by atomic mass is 16.4. The highest BCUT2D eigenvalue weighted by molar-refractivity contribution is 5.80. The molecule has 268 valence electrons. The fourth-order valence-electron chi connectivity index (χ4n) is 9.66. The second kappa shape index (κ2) is 11.9. The summed E-state index contributed by atoms with van der Waals surface area (Å²) in [5.74, 6) is 2.39. The van der Waals surface area contributed by atoms with Gasteiger partial charge in [-0.05, 0) is 74.1 Å². The zero-order valence-corrected chi connectivity index (χ0v) is 31.7. The van der Waals surface area contributed by atoms with E-state index in [0.29, 0.717) is 23.6 Å². The van der Waals surface area contributed by atoms with Gasteiger partial charge in [-0.25, -0.2) is 0 Å². The highest BCUT2D eigenvalue weighted by Gasteiger charge is 2.55. The molecule has 2 bridgehead atoms. The smallest absolute Gasteiger partial charge is 0.248 e. The summed E-state index contributed by atoms with van der Waals surface area (Å²) in [7, 11) is 0. The maximum atomic E-state index is 6.79. The van der Waals surface area contributed by atoms with E-state index in [1.807, 2.05) is 0 Å². The number of nitrogens with zero attached hydrogens (tertiary/aromatic N) is 4. The Kier molecular flexibility index (Phi) is 7.30. The van der Waals surface area contributed by atoms with Crippen LogP contribution in [0, 0.1) is 17.3 Å². The Bertz CT molecular complexity index is 2610. The monoisotopic (exact) mass is 708 g/mol. The summed E-state index contributed by atoms with van der Waals surface area (Å²) in [5, 5.41) is 21.2. The Labute approximate surface area is 316 Å². The first kappa shape index (κ1) is 33.0. The van der Waals surface area contributed by atoms with E-state index < -0.39 is 0 Å². The molecule has 0 aliphatic heterocycles. The molecular formula is C48H44N4O2. The minimum atomic E-state index is -0.0113. The first-order valence-electron chi connectivity index (χ1n) is 19.3. The molecule has 4 aromatic carbocycles. The van der Waals surface area contributed by atoms with Crippen LogP contribution in [0.1, 0.15) is 112 Å². The van der Waals surface area contributed by atoms with E-state index in [0.717, 1.165) is 45.6 Å². The lowest BCUT2D eigenvalue weighted by atomic mass is 9.50. The van der Waals surface area contributed by atoms with Crippen LogP contribution in [0.3, 0.4) is 0 Å². The maximum Gasteiger partial charge on any atom is 0.248 e. The second-order valence-corrected chi connectivity index (χ2v) is 17.4. The van der Waals surface area contributed by atoms with Crippen molar-refractivity contribution in [1.82, 2.24) is 20.4 Å². The zero-order chi connectivity index (χ0) is 36.9. The quantitative estimate of drug-likeness (QED) is 0.182. The highest BCUT2D eigenvalue weighted by Crippen LogP contribution is 2.64. The summed E-state index contributed by atoms with van der Waals surface area (Å²) < 4.78 is 13.5. The van der Waals surface area contributed by atoms with E-state index in [2.05, 4.69) is 156 Å². The van der Waals surface area contributed by atoms with E-state index in [1.54, 1.807) is 0 Å². The molecule has 0 spiro atoms. The van der Waals surface area contributed by atoms with Crippen molar-refractivity contribution < 1.29 is 8.83 Å². The fraction of sp³-hybridized carbons (Fsp3) is 0.292. The number of rotatable bonds is 4. The molecular weight excluding hydrogens is 665 g/mol. The molecule has 5 aliphatic rings. The normalized spacial score (nSPS) is 21.5. The lowest BCUT2D eigenvalue weighted by Crippen LogP contribution is -2.49. The number of hydrogen-bond acceptors (Lipinski definition) is 6. The third kappa shape index (κ3) is 5.06. The van der Waals surface area contributed by atoms with Crippen LogP contribution in [0.2, 0.25) is 0 Å². The number of aromatic nitrogens is 4. The number of allylic oxidation sites excluding steroid dienone is 4. The van der Waals surface area contributed by atoms with Crippen molar-refractivity contribution in [3.8, 4) is 11.5 Å². The van der Waals surface area contributed by atoms with Crippen LogP contribution in [0.25, 0.3) is 28.2 Å². The number of hydrogen-bond donors (Lipinski definition) is 0. The fourth-order valence-corrected chi connectivity index (χ4v) is 9.66. The molecule has 2 aromatic heterocycles. The Balaban J connectivity index is 1.20. The molecule has 0 saturated heterocycles. The first-order chi connectivity index (χ1) is 26.1. The predicted octanol–water partition coefficient (Wildman–Crippen LogP) is 9.50. The standard InChI is InChI=1S/C48H44N4O2/c1-47(2,3)29-23-19-27(20-24-29)43-49-51-45(53-43)39-35-17-11-12-18-36(35)40(46-52-50-44(54-46)28-21-25-30(26-22-28)48(4,5)6)42-38-33-15-9-7-13-31(33)37(41(39)42)32-14-8-10-16-34(32)38/h7-21,23-25,37-38,41-42H,22,26H2,1-6H3. The van der Waals surface area contributed by atoms with Gasteiger partial charge < -0.3 is 8.83 Å². The molecule has 5 aliphatic carbocycles. The lowest BCUT2D eigenvalue weighted by molar-refractivity contribution is 0.336. The van der Waals surface area contributed by atoms with Crippen LogP contribution in [0.4, 0.5) is 0 Å². The van der Waals surface area contributed by atoms with Gasteiger partial charge in [-0.3, -0.25) is 0 Å². The van der Waals surface area contributed by atoms with Crippen LogP contribution in [0.15, 0.2) is 124 Å². The van der Waals surface area contributed by atoms with Crippen molar-refractivity contribution in [2.45, 2.75) is 71.6 Å². The van der Waals surface area contributed by atoms with E-state index in [4.69, 9.17) is 24.1 Å². The van der Waals surface area contributed by atoms with Crippen molar-refractivity contribution in [1.29, 1.82) is 0 Å². The van der Waals surface area contributed by atoms with Crippen LogP contribution in [0.5, 0.6) is 0 Å². The SMILES string of the molecule is CC(C)(C)C1=CC=C(c2nnc(C3=c4ccccc4=C(c4nnc(-c5ccc(C(C)(C)C)cc5)o4)C4C5c6ccccc6C(c6ccccc65)C34)o2)CC1. The van der Waals surface area contributed by atoms with Crippen LogP contribution < -0.4 is 10.4 Å². The molecule has 2 heterocycles. The lowest BCUT2D eigenvalue weighted by Gasteiger charge is -2.52. The van der Waals surface area contributed by atoms with Crippen molar-refractivity contribution in [2.24, 2.45) is 17.3 Å². The Morgan fingerprint density at radius 2 is 0.944 bits per heavy atom. The summed E-state index contributed by atoms with van der Waals surface area (Å²) in [4.78, 5) is 0. The molecule has 0 saturated carbocycles. The van der Waals surface area contributed by atoms with E-state index in [-0.39, 0.29) is 34.5 Å². The van der Waals surface area contributed by atoms with Gasteiger partial charge in [-0.15, -0.1) is 20.4 Å². The molecule has 11 rings (SSSR count). The van der Waals surface area contributed by atoms with E-state index >= 15 is 0 Å². The molecule has 0 amide bonds. The Morgan fingerprint density at radius 1 is 0.481 bits per heavy atom. The van der Waals surface area contributed by atoms with Crippen molar-refractivity contribution >= 4 is 16.7 Å². The average molecular weight is 709 g/mol. The summed E-state index contributed by atoms with van der Waals surface area (Å²) in [6.45, 7) is 13.5. The van der Waals surface area contributed by atoms with Gasteiger partial charge in [0.25, 0.3) is 0 Å². The maximum absolute atomic E-state index is 6.79. The van der Waals surface area contributed by atoms with Crippen LogP contribution in [-0.4, -0.2) is 20.4 Å². The number of benzene rings is 4. The van der Waals surface area contributed by atoms with Crippen molar-refractivity contribution in [2.75, 3.05) is 0 Å². The van der Waals surface area contributed by atoms with Gasteiger partial charge in [0, 0.05) is 46.0 Å². The summed E-state index contributed by atoms with van der Waals surface area (Å²) in [6, 6.07) is 35.1. The molecule has 6 nitrogen and oxygen atoms in total. The first-order valence-corrected chi connectivity index (χ1v) is 19.3. The average Bonchev–Trinajstić information content (AvgIpc) is 3.87. The summed E-state index contributed by atoms with van der Waals surface area (Å²) in [5.41, 5.74) is 12.5. The third-order valence-electron chi connectivity index (χ3n) is 12.3. The molecule has 2 unspecified atom stereocenters. The van der Waals surface area contributed by atoms with Gasteiger partial charge >= 0.3 is 0 Å². The van der Waals surface area contributed by atoms with Crippen LogP contribution in [-0.2, 0) is 5.41 Å². The topological polar surface area (TPSA) is 77.8 Å². The zero-order valence-electron chi connectivity index (χ0n) is 31.7. The minimum absolute atomic E-state index is 0.00727. The number of fused-ring (bicyclic) bond motifs is 1. The summed E-state index contributed by atoms with van der Waals surface area (Å²) in [6.07, 6.45) is 6.28. The third-order valence-corrected chi connectivity index (χ3v) is 12.3. The second-order valence-electron chi connectivity index (χ2n) is 17.4.